The van der Waals surface area contributed by atoms with E-state index in [1.807, 2.05) is 20.8 Å². The normalized spacial score (nSPS) is 17.1. The molecule has 0 aromatic carbocycles. The largest absolute Gasteiger partial charge is 0.374 e. The Labute approximate surface area is 155 Å². The van der Waals surface area contributed by atoms with E-state index in [1.54, 1.807) is 0 Å². The van der Waals surface area contributed by atoms with Gasteiger partial charge >= 0.3 is 0 Å². The number of aromatic amines is 1. The Morgan fingerprint density at radius 3 is 2.92 bits per heavy atom. The lowest BCUT2D eigenvalue weighted by atomic mass is 10.1. The molecular weight excluding hydrogens is 356 g/mol. The van der Waals surface area contributed by atoms with Crippen LogP contribution >= 0.6 is 11.3 Å². The van der Waals surface area contributed by atoms with Crippen molar-refractivity contribution in [3.63, 3.8) is 0 Å². The molecule has 1 unspecified atom stereocenters. The summed E-state index contributed by atoms with van der Waals surface area (Å²) >= 11 is 1.32. The van der Waals surface area contributed by atoms with Crippen LogP contribution in [0.3, 0.4) is 0 Å². The highest BCUT2D eigenvalue weighted by Crippen LogP contribution is 2.28. The minimum atomic E-state index is -0.394. The van der Waals surface area contributed by atoms with Crippen LogP contribution in [0, 0.1) is 19.8 Å². The number of aryl methyl sites for hydroxylation is 2. The quantitative estimate of drug-likeness (QED) is 0.745. The maximum Gasteiger partial charge on any atom is 0.229 e. The highest BCUT2D eigenvalue weighted by Gasteiger charge is 2.36. The molecule has 26 heavy (non-hydrogen) atoms. The van der Waals surface area contributed by atoms with E-state index in [2.05, 4.69) is 25.7 Å². The molecule has 1 aliphatic heterocycles. The van der Waals surface area contributed by atoms with Gasteiger partial charge in [-0.15, -0.1) is 10.2 Å². The molecule has 0 bridgehead atoms. The van der Waals surface area contributed by atoms with Crippen molar-refractivity contribution in [2.45, 2.75) is 40.3 Å². The van der Waals surface area contributed by atoms with Gasteiger partial charge in [-0.2, -0.15) is 5.10 Å². The summed E-state index contributed by atoms with van der Waals surface area (Å²) in [5.74, 6) is -0.644. The first-order valence-corrected chi connectivity index (χ1v) is 9.29. The van der Waals surface area contributed by atoms with Gasteiger partial charge in [-0.1, -0.05) is 11.3 Å². The number of rotatable bonds is 7. The fraction of sp³-hybridized carbons (Fsp3) is 0.562. The number of nitrogens with zero attached hydrogens (tertiary/aromatic N) is 4. The van der Waals surface area contributed by atoms with Crippen LogP contribution in [0.15, 0.2) is 0 Å². The van der Waals surface area contributed by atoms with Crippen LogP contribution in [0.2, 0.25) is 0 Å². The topological polar surface area (TPSA) is 113 Å². The van der Waals surface area contributed by atoms with Gasteiger partial charge in [0.25, 0.3) is 0 Å². The summed E-state index contributed by atoms with van der Waals surface area (Å²) in [7, 11) is 0. The lowest BCUT2D eigenvalue weighted by Crippen LogP contribution is -2.32. The fourth-order valence-electron chi connectivity index (χ4n) is 2.82. The molecule has 3 heterocycles. The molecule has 3 rings (SSSR count). The average molecular weight is 378 g/mol. The van der Waals surface area contributed by atoms with E-state index in [-0.39, 0.29) is 18.2 Å². The Bertz CT molecular complexity index is 782. The number of amides is 2. The Hall–Kier alpha value is -2.33. The molecule has 2 N–H and O–H groups in total. The molecular formula is C16H22N6O3S. The number of hydrogen-bond acceptors (Lipinski definition) is 7. The van der Waals surface area contributed by atoms with Crippen LogP contribution in [0.4, 0.5) is 5.13 Å². The molecule has 140 valence electrons. The van der Waals surface area contributed by atoms with Crippen molar-refractivity contribution in [2.75, 3.05) is 18.1 Å². The van der Waals surface area contributed by atoms with Crippen molar-refractivity contribution in [2.24, 2.45) is 5.92 Å². The number of hydrogen-bond donors (Lipinski definition) is 2. The van der Waals surface area contributed by atoms with Crippen molar-refractivity contribution < 1.29 is 14.3 Å². The second-order valence-electron chi connectivity index (χ2n) is 6.15. The lowest BCUT2D eigenvalue weighted by Gasteiger charge is -2.12. The van der Waals surface area contributed by atoms with E-state index >= 15 is 0 Å². The number of anilines is 1. The van der Waals surface area contributed by atoms with Crippen molar-refractivity contribution in [1.82, 2.24) is 25.7 Å². The second-order valence-corrected chi connectivity index (χ2v) is 7.19. The van der Waals surface area contributed by atoms with Gasteiger partial charge < -0.3 is 10.1 Å². The molecule has 0 aliphatic carbocycles. The summed E-state index contributed by atoms with van der Waals surface area (Å²) in [6.45, 7) is 7.39. The van der Waals surface area contributed by atoms with Gasteiger partial charge in [-0.3, -0.25) is 19.6 Å². The zero-order chi connectivity index (χ0) is 18.7. The standard InChI is InChI=1S/C16H22N6O3S/c1-4-25-8-13-20-21-16(26-13)22-7-11(5-14(22)23)15(24)17-6-12-9(2)18-19-10(12)3/h11H,4-8H2,1-3H3,(H,17,24)(H,18,19). The van der Waals surface area contributed by atoms with Gasteiger partial charge in [-0.05, 0) is 20.8 Å². The summed E-state index contributed by atoms with van der Waals surface area (Å²) in [6, 6.07) is 0. The van der Waals surface area contributed by atoms with Gasteiger partial charge in [0, 0.05) is 37.4 Å². The monoisotopic (exact) mass is 378 g/mol. The average Bonchev–Trinajstić information content (AvgIpc) is 3.31. The first kappa shape index (κ1) is 18.5. The zero-order valence-corrected chi connectivity index (χ0v) is 15.9. The second kappa shape index (κ2) is 7.92. The number of nitrogens with one attached hydrogen (secondary N) is 2. The third kappa shape index (κ3) is 3.91. The molecule has 0 spiro atoms. The van der Waals surface area contributed by atoms with Crippen molar-refractivity contribution in [3.8, 4) is 0 Å². The van der Waals surface area contributed by atoms with Gasteiger partial charge in [0.1, 0.15) is 11.6 Å². The molecule has 1 fully saturated rings. The van der Waals surface area contributed by atoms with Crippen LogP contribution in [0.1, 0.15) is 35.3 Å². The summed E-state index contributed by atoms with van der Waals surface area (Å²) < 4.78 is 5.30. The molecule has 1 saturated heterocycles. The van der Waals surface area contributed by atoms with E-state index in [9.17, 15) is 9.59 Å². The van der Waals surface area contributed by atoms with Gasteiger partial charge in [0.2, 0.25) is 16.9 Å². The number of ether oxygens (including phenoxy) is 1. The molecule has 1 aliphatic rings. The summed E-state index contributed by atoms with van der Waals surface area (Å²) in [4.78, 5) is 26.3. The predicted molar refractivity (Wildman–Crippen MR) is 95.6 cm³/mol. The van der Waals surface area contributed by atoms with Gasteiger partial charge in [0.15, 0.2) is 0 Å². The highest BCUT2D eigenvalue weighted by atomic mass is 32.1. The molecule has 10 heteroatoms. The number of carbonyl (C=O) groups is 2. The van der Waals surface area contributed by atoms with Crippen LogP contribution < -0.4 is 10.2 Å². The minimum Gasteiger partial charge on any atom is -0.374 e. The molecule has 9 nitrogen and oxygen atoms in total. The van der Waals surface area contributed by atoms with Crippen LogP contribution in [0.5, 0.6) is 0 Å². The zero-order valence-electron chi connectivity index (χ0n) is 15.0. The third-order valence-corrected chi connectivity index (χ3v) is 5.25. The Morgan fingerprint density at radius 1 is 1.42 bits per heavy atom. The van der Waals surface area contributed by atoms with E-state index in [1.165, 1.54) is 16.2 Å². The van der Waals surface area contributed by atoms with Gasteiger partial charge in [-0.25, -0.2) is 0 Å². The van der Waals surface area contributed by atoms with Crippen LogP contribution in [0.25, 0.3) is 0 Å². The Morgan fingerprint density at radius 2 is 2.23 bits per heavy atom. The smallest absolute Gasteiger partial charge is 0.229 e. The van der Waals surface area contributed by atoms with E-state index in [4.69, 9.17) is 4.74 Å². The minimum absolute atomic E-state index is 0.111. The first-order valence-electron chi connectivity index (χ1n) is 8.48. The molecule has 1 atom stereocenters. The van der Waals surface area contributed by atoms with Crippen molar-refractivity contribution >= 4 is 28.3 Å². The molecule has 2 amide bonds. The molecule has 2 aromatic rings. The maximum atomic E-state index is 12.5. The molecule has 2 aromatic heterocycles. The third-order valence-electron chi connectivity index (χ3n) is 4.33. The van der Waals surface area contributed by atoms with E-state index in [0.29, 0.717) is 36.4 Å². The maximum absolute atomic E-state index is 12.5. The Balaban J connectivity index is 1.58. The van der Waals surface area contributed by atoms with Crippen molar-refractivity contribution in [1.29, 1.82) is 0 Å². The number of H-pyrrole nitrogens is 1. The predicted octanol–water partition coefficient (Wildman–Crippen LogP) is 1.08. The molecule has 0 saturated carbocycles. The van der Waals surface area contributed by atoms with E-state index < -0.39 is 5.92 Å². The first-order chi connectivity index (χ1) is 12.5. The summed E-state index contributed by atoms with van der Waals surface area (Å²) in [6.07, 6.45) is 0.176. The van der Waals surface area contributed by atoms with E-state index in [0.717, 1.165) is 17.0 Å². The summed E-state index contributed by atoms with van der Waals surface area (Å²) in [5.41, 5.74) is 2.77. The molecule has 0 radical (unpaired) electrons. The number of aromatic nitrogens is 4. The fourth-order valence-corrected chi connectivity index (χ4v) is 3.63. The summed E-state index contributed by atoms with van der Waals surface area (Å²) in [5, 5.41) is 19.2. The van der Waals surface area contributed by atoms with Crippen LogP contribution in [-0.2, 0) is 27.5 Å². The lowest BCUT2D eigenvalue weighted by molar-refractivity contribution is -0.126. The van der Waals surface area contributed by atoms with Crippen LogP contribution in [-0.4, -0.2) is 45.4 Å². The highest BCUT2D eigenvalue weighted by molar-refractivity contribution is 7.15. The SMILES string of the molecule is CCOCc1nnc(N2CC(C(=O)NCc3c(C)n[nH]c3C)CC2=O)s1. The van der Waals surface area contributed by atoms with Crippen molar-refractivity contribution in [3.05, 3.63) is 22.0 Å². The number of carbonyl (C=O) groups excluding carboxylic acids is 2. The Kier molecular flexibility index (Phi) is 5.62. The van der Waals surface area contributed by atoms with Gasteiger partial charge in [0.05, 0.1) is 11.6 Å².